The van der Waals surface area contributed by atoms with E-state index in [1.54, 1.807) is 0 Å². The predicted molar refractivity (Wildman–Crippen MR) is 109 cm³/mol. The number of Topliss-reactive ketones (excluding diaryl/α,β-unsaturated/α-hetero) is 1. The van der Waals surface area contributed by atoms with Gasteiger partial charge in [0.1, 0.15) is 0 Å². The van der Waals surface area contributed by atoms with Crippen molar-refractivity contribution in [2.24, 2.45) is 17.8 Å². The average Bonchev–Trinajstić information content (AvgIpc) is 2.64. The number of ketones is 1. The fourth-order valence-electron chi connectivity index (χ4n) is 4.23. The van der Waals surface area contributed by atoms with E-state index in [0.717, 1.165) is 5.56 Å². The SMILES string of the molecule is CC(C)=C[C@@H]1C=C(C)[C@H](C)[C@H](c2ccccc2)[C@H]1C(=O)c1ccccc1. The second kappa shape index (κ2) is 7.86. The van der Waals surface area contributed by atoms with Crippen LogP contribution in [-0.2, 0) is 0 Å². The summed E-state index contributed by atoms with van der Waals surface area (Å²) in [6.07, 6.45) is 4.57. The highest BCUT2D eigenvalue weighted by atomic mass is 16.1. The van der Waals surface area contributed by atoms with Gasteiger partial charge in [0.2, 0.25) is 0 Å². The Hall–Kier alpha value is -2.41. The molecule has 4 atom stereocenters. The first kappa shape index (κ1) is 18.4. The molecule has 0 amide bonds. The topological polar surface area (TPSA) is 17.1 Å². The van der Waals surface area contributed by atoms with Crippen molar-refractivity contribution in [3.63, 3.8) is 0 Å². The molecule has 26 heavy (non-hydrogen) atoms. The lowest BCUT2D eigenvalue weighted by Crippen LogP contribution is -2.36. The molecule has 3 rings (SSSR count). The van der Waals surface area contributed by atoms with Crippen LogP contribution in [0, 0.1) is 17.8 Å². The van der Waals surface area contributed by atoms with Gasteiger partial charge in [-0.1, -0.05) is 90.9 Å². The van der Waals surface area contributed by atoms with Crippen LogP contribution >= 0.6 is 0 Å². The molecular weight excluding hydrogens is 316 g/mol. The highest BCUT2D eigenvalue weighted by Crippen LogP contribution is 2.46. The fourth-order valence-corrected chi connectivity index (χ4v) is 4.23. The Labute approximate surface area is 157 Å². The molecule has 0 aliphatic heterocycles. The van der Waals surface area contributed by atoms with E-state index < -0.39 is 0 Å². The van der Waals surface area contributed by atoms with Gasteiger partial charge in [-0.2, -0.15) is 0 Å². The maximum Gasteiger partial charge on any atom is 0.167 e. The van der Waals surface area contributed by atoms with Gasteiger partial charge in [0.15, 0.2) is 5.78 Å². The minimum atomic E-state index is -0.0756. The van der Waals surface area contributed by atoms with E-state index in [1.807, 2.05) is 36.4 Å². The molecule has 2 aromatic carbocycles. The molecule has 1 nitrogen and oxygen atoms in total. The van der Waals surface area contributed by atoms with Gasteiger partial charge in [-0.3, -0.25) is 4.79 Å². The summed E-state index contributed by atoms with van der Waals surface area (Å²) in [6, 6.07) is 20.3. The van der Waals surface area contributed by atoms with Crippen molar-refractivity contribution in [1.29, 1.82) is 0 Å². The van der Waals surface area contributed by atoms with Gasteiger partial charge in [0, 0.05) is 23.3 Å². The van der Waals surface area contributed by atoms with Crippen molar-refractivity contribution in [3.05, 3.63) is 95.1 Å². The Balaban J connectivity index is 2.14. The summed E-state index contributed by atoms with van der Waals surface area (Å²) in [5.41, 5.74) is 4.70. The minimum absolute atomic E-state index is 0.0756. The Morgan fingerprint density at radius 2 is 1.50 bits per heavy atom. The van der Waals surface area contributed by atoms with Gasteiger partial charge >= 0.3 is 0 Å². The zero-order valence-electron chi connectivity index (χ0n) is 16.1. The van der Waals surface area contributed by atoms with E-state index in [1.165, 1.54) is 16.7 Å². The molecule has 0 aromatic heterocycles. The maximum atomic E-state index is 13.6. The van der Waals surface area contributed by atoms with Crippen molar-refractivity contribution in [1.82, 2.24) is 0 Å². The van der Waals surface area contributed by atoms with E-state index >= 15 is 0 Å². The second-order valence-electron chi connectivity index (χ2n) is 7.71. The maximum absolute atomic E-state index is 13.6. The molecule has 0 fully saturated rings. The molecule has 0 saturated heterocycles. The summed E-state index contributed by atoms with van der Waals surface area (Å²) in [5.74, 6) is 0.839. The number of benzene rings is 2. The third-order valence-electron chi connectivity index (χ3n) is 5.59. The molecular formula is C25H28O. The van der Waals surface area contributed by atoms with Crippen molar-refractivity contribution in [3.8, 4) is 0 Å². The number of rotatable bonds is 4. The molecule has 0 heterocycles. The van der Waals surface area contributed by atoms with Crippen LogP contribution in [0.2, 0.25) is 0 Å². The summed E-state index contributed by atoms with van der Waals surface area (Å²) in [7, 11) is 0. The number of carbonyl (C=O) groups is 1. The number of allylic oxidation sites excluding steroid dienone is 4. The summed E-state index contributed by atoms with van der Waals surface area (Å²) >= 11 is 0. The molecule has 0 unspecified atom stereocenters. The number of carbonyl (C=O) groups excluding carboxylic acids is 1. The lowest BCUT2D eigenvalue weighted by molar-refractivity contribution is 0.0853. The third-order valence-corrected chi connectivity index (χ3v) is 5.59. The Kier molecular flexibility index (Phi) is 5.56. The predicted octanol–water partition coefficient (Wildman–Crippen LogP) is 6.45. The Morgan fingerprint density at radius 3 is 2.08 bits per heavy atom. The van der Waals surface area contributed by atoms with E-state index in [0.29, 0.717) is 5.92 Å². The summed E-state index contributed by atoms with van der Waals surface area (Å²) in [5, 5.41) is 0. The summed E-state index contributed by atoms with van der Waals surface area (Å²) in [6.45, 7) is 8.69. The molecule has 134 valence electrons. The highest BCUT2D eigenvalue weighted by molar-refractivity contribution is 5.99. The van der Waals surface area contributed by atoms with E-state index in [9.17, 15) is 4.79 Å². The Bertz CT molecular complexity index is 810. The largest absolute Gasteiger partial charge is 0.294 e. The summed E-state index contributed by atoms with van der Waals surface area (Å²) < 4.78 is 0. The van der Waals surface area contributed by atoms with E-state index in [4.69, 9.17) is 0 Å². The summed E-state index contributed by atoms with van der Waals surface area (Å²) in [4.78, 5) is 13.6. The zero-order chi connectivity index (χ0) is 18.7. The number of hydrogen-bond donors (Lipinski definition) is 0. The number of hydrogen-bond acceptors (Lipinski definition) is 1. The van der Waals surface area contributed by atoms with Crippen LogP contribution in [-0.4, -0.2) is 5.78 Å². The molecule has 0 saturated carbocycles. The minimum Gasteiger partial charge on any atom is -0.294 e. The monoisotopic (exact) mass is 344 g/mol. The first-order valence-electron chi connectivity index (χ1n) is 9.46. The van der Waals surface area contributed by atoms with E-state index in [2.05, 4.69) is 64.1 Å². The van der Waals surface area contributed by atoms with Crippen LogP contribution in [0.3, 0.4) is 0 Å². The van der Waals surface area contributed by atoms with Gasteiger partial charge in [-0.05, 0) is 32.3 Å². The van der Waals surface area contributed by atoms with Gasteiger partial charge < -0.3 is 0 Å². The first-order valence-corrected chi connectivity index (χ1v) is 9.46. The van der Waals surface area contributed by atoms with Gasteiger partial charge in [-0.25, -0.2) is 0 Å². The lowest BCUT2D eigenvalue weighted by atomic mass is 9.63. The second-order valence-corrected chi connectivity index (χ2v) is 7.71. The van der Waals surface area contributed by atoms with Gasteiger partial charge in [-0.15, -0.1) is 0 Å². The Morgan fingerprint density at radius 1 is 0.923 bits per heavy atom. The normalized spacial score (nSPS) is 25.3. The van der Waals surface area contributed by atoms with Crippen LogP contribution in [0.5, 0.6) is 0 Å². The van der Waals surface area contributed by atoms with Gasteiger partial charge in [0.05, 0.1) is 0 Å². The van der Waals surface area contributed by atoms with Crippen LogP contribution in [0.15, 0.2) is 84.0 Å². The first-order chi connectivity index (χ1) is 12.5. The quantitative estimate of drug-likeness (QED) is 0.460. The molecule has 0 bridgehead atoms. The van der Waals surface area contributed by atoms with Crippen LogP contribution in [0.4, 0.5) is 0 Å². The van der Waals surface area contributed by atoms with Crippen molar-refractivity contribution in [2.45, 2.75) is 33.6 Å². The molecule has 1 heteroatoms. The smallest absolute Gasteiger partial charge is 0.167 e. The molecule has 0 N–H and O–H groups in total. The zero-order valence-corrected chi connectivity index (χ0v) is 16.1. The lowest BCUT2D eigenvalue weighted by Gasteiger charge is -2.40. The standard InChI is InChI=1S/C25H28O/c1-17(2)15-22-16-18(3)19(4)23(20-11-7-5-8-12-20)24(22)25(26)21-13-9-6-10-14-21/h5-16,19,22-24H,1-4H3/t19-,22+,23+,24-/m0/s1. The highest BCUT2D eigenvalue weighted by Gasteiger charge is 2.41. The molecule has 1 aliphatic carbocycles. The molecule has 2 aromatic rings. The van der Waals surface area contributed by atoms with E-state index in [-0.39, 0.29) is 23.5 Å². The molecule has 0 spiro atoms. The van der Waals surface area contributed by atoms with Crippen LogP contribution in [0.1, 0.15) is 49.5 Å². The molecule has 1 aliphatic rings. The van der Waals surface area contributed by atoms with Crippen molar-refractivity contribution in [2.75, 3.05) is 0 Å². The van der Waals surface area contributed by atoms with Crippen molar-refractivity contribution < 1.29 is 4.79 Å². The van der Waals surface area contributed by atoms with Crippen molar-refractivity contribution >= 4 is 5.78 Å². The van der Waals surface area contributed by atoms with Crippen LogP contribution < -0.4 is 0 Å². The third kappa shape index (κ3) is 3.72. The molecule has 0 radical (unpaired) electrons. The van der Waals surface area contributed by atoms with Crippen LogP contribution in [0.25, 0.3) is 0 Å². The average molecular weight is 344 g/mol. The fraction of sp³-hybridized carbons (Fsp3) is 0.320. The van der Waals surface area contributed by atoms with Gasteiger partial charge in [0.25, 0.3) is 0 Å².